The van der Waals surface area contributed by atoms with Crippen molar-refractivity contribution in [1.82, 2.24) is 9.80 Å². The number of hydrogen-bond donors (Lipinski definition) is 2. The third kappa shape index (κ3) is 4.12. The Bertz CT molecular complexity index is 1630. The zero-order valence-corrected chi connectivity index (χ0v) is 25.2. The molecule has 0 aromatic heterocycles. The van der Waals surface area contributed by atoms with Crippen LogP contribution in [-0.2, 0) is 23.1 Å². The van der Waals surface area contributed by atoms with Crippen LogP contribution in [-0.4, -0.2) is 69.8 Å². The molecule has 7 rings (SSSR count). The number of amides is 1. The van der Waals surface area contributed by atoms with Gasteiger partial charge in [0.05, 0.1) is 17.1 Å². The van der Waals surface area contributed by atoms with Gasteiger partial charge in [-0.2, -0.15) is 0 Å². The summed E-state index contributed by atoms with van der Waals surface area (Å²) in [6.45, 7) is 5.85. The van der Waals surface area contributed by atoms with E-state index in [4.69, 9.17) is 4.74 Å². The average molecular weight is 577 g/mol. The number of nitrogens with zero attached hydrogens (tertiary/aromatic N) is 2. The van der Waals surface area contributed by atoms with Crippen LogP contribution in [0.3, 0.4) is 0 Å². The second-order valence-electron chi connectivity index (χ2n) is 13.0. The van der Waals surface area contributed by atoms with Gasteiger partial charge >= 0.3 is 0 Å². The Kier molecular flexibility index (Phi) is 6.80. The first-order chi connectivity index (χ1) is 20.8. The highest BCUT2D eigenvalue weighted by Gasteiger charge is 2.75. The van der Waals surface area contributed by atoms with Crippen LogP contribution >= 0.6 is 0 Å². The summed E-state index contributed by atoms with van der Waals surface area (Å²) in [5.74, 6) is 6.20. The highest BCUT2D eigenvalue weighted by atomic mass is 16.5. The van der Waals surface area contributed by atoms with Crippen LogP contribution in [0.25, 0.3) is 0 Å². The van der Waals surface area contributed by atoms with Crippen LogP contribution in [0.1, 0.15) is 54.0 Å². The Hall–Kier alpha value is -3.79. The first-order valence-electron chi connectivity index (χ1n) is 15.7. The molecule has 4 aliphatic rings. The van der Waals surface area contributed by atoms with Crippen molar-refractivity contribution in [2.24, 2.45) is 5.92 Å². The molecule has 0 radical (unpaired) electrons. The van der Waals surface area contributed by atoms with Gasteiger partial charge in [0.2, 0.25) is 0 Å². The summed E-state index contributed by atoms with van der Waals surface area (Å²) in [6.07, 6.45) is 3.25. The molecule has 2 aliphatic heterocycles. The van der Waals surface area contributed by atoms with Crippen molar-refractivity contribution < 1.29 is 19.7 Å². The molecule has 6 atom stereocenters. The molecular weight excluding hydrogens is 536 g/mol. The molecule has 2 N–H and O–H groups in total. The molecule has 2 fully saturated rings. The molecular formula is C37H40N2O4. The van der Waals surface area contributed by atoms with Gasteiger partial charge in [-0.25, -0.2) is 0 Å². The maximum absolute atomic E-state index is 13.6. The minimum atomic E-state index is -1.05. The Morgan fingerprint density at radius 3 is 2.72 bits per heavy atom. The Morgan fingerprint density at radius 1 is 1.14 bits per heavy atom. The second kappa shape index (κ2) is 10.4. The molecule has 6 nitrogen and oxygen atoms in total. The lowest BCUT2D eigenvalue weighted by molar-refractivity contribution is -0.228. The monoisotopic (exact) mass is 576 g/mol. The van der Waals surface area contributed by atoms with Gasteiger partial charge < -0.3 is 19.8 Å². The van der Waals surface area contributed by atoms with E-state index in [0.717, 1.165) is 48.2 Å². The average Bonchev–Trinajstić information content (AvgIpc) is 3.36. The number of aliphatic hydroxyl groups is 1. The smallest absolute Gasteiger partial charge is 0.298 e. The van der Waals surface area contributed by atoms with Crippen LogP contribution in [0, 0.1) is 24.7 Å². The molecule has 1 spiro atoms. The van der Waals surface area contributed by atoms with Gasteiger partial charge in [0.25, 0.3) is 5.91 Å². The topological polar surface area (TPSA) is 73.2 Å². The van der Waals surface area contributed by atoms with E-state index in [1.807, 2.05) is 50.4 Å². The zero-order valence-electron chi connectivity index (χ0n) is 25.2. The quantitative estimate of drug-likeness (QED) is 0.434. The van der Waals surface area contributed by atoms with Crippen molar-refractivity contribution >= 4 is 5.91 Å². The fourth-order valence-corrected chi connectivity index (χ4v) is 8.95. The fraction of sp³-hybridized carbons (Fsp3) is 0.432. The number of carbonyl (C=O) groups excluding carboxylic acids is 1. The van der Waals surface area contributed by atoms with Crippen molar-refractivity contribution in [1.29, 1.82) is 0 Å². The standard InChI is InChI=1S/C37H40N2O4/c1-4-28-23-29(38(3)32(41)16-13-26-12-8-9-24(2)21-26)35-36-18-20-39(19-17-25-10-6-5-7-11-25)31(37(28,36)42)22-27-14-15-30(40)34(43-35)33(27)36/h5-12,14-15,21,28-29,31,35,40,42H,4,17-20,22-23H2,1-3H3/t28-,29+,31+,35+,36-,37+/m0/s1. The van der Waals surface area contributed by atoms with Gasteiger partial charge in [-0.3, -0.25) is 9.69 Å². The second-order valence-corrected chi connectivity index (χ2v) is 13.0. The predicted molar refractivity (Wildman–Crippen MR) is 166 cm³/mol. The minimum absolute atomic E-state index is 0.0525. The predicted octanol–water partition coefficient (Wildman–Crippen LogP) is 4.61. The molecule has 2 bridgehead atoms. The first kappa shape index (κ1) is 28.0. The number of rotatable bonds is 5. The van der Waals surface area contributed by atoms with Crippen LogP contribution in [0.15, 0.2) is 66.7 Å². The molecule has 1 saturated heterocycles. The lowest BCUT2D eigenvalue weighted by Gasteiger charge is -2.67. The number of likely N-dealkylation sites (N-methyl/N-ethyl adjacent to an activating group) is 1. The molecule has 6 heteroatoms. The van der Waals surface area contributed by atoms with E-state index in [2.05, 4.69) is 47.9 Å². The number of benzene rings is 3. The van der Waals surface area contributed by atoms with E-state index in [-0.39, 0.29) is 29.7 Å². The molecule has 2 aliphatic carbocycles. The first-order valence-corrected chi connectivity index (χ1v) is 15.7. The highest BCUT2D eigenvalue weighted by Crippen LogP contribution is 2.67. The van der Waals surface area contributed by atoms with Crippen LogP contribution < -0.4 is 4.74 Å². The third-order valence-electron chi connectivity index (χ3n) is 10.9. The van der Waals surface area contributed by atoms with Gasteiger partial charge in [-0.1, -0.05) is 67.8 Å². The lowest BCUT2D eigenvalue weighted by atomic mass is 9.45. The van der Waals surface area contributed by atoms with Gasteiger partial charge in [-0.15, -0.1) is 0 Å². The summed E-state index contributed by atoms with van der Waals surface area (Å²) >= 11 is 0. The summed E-state index contributed by atoms with van der Waals surface area (Å²) in [5, 5.41) is 24.2. The van der Waals surface area contributed by atoms with Crippen molar-refractivity contribution in [3.63, 3.8) is 0 Å². The number of likely N-dealkylation sites (tertiary alicyclic amines) is 1. The largest absolute Gasteiger partial charge is 0.504 e. The van der Waals surface area contributed by atoms with Gasteiger partial charge in [-0.05, 0) is 80.0 Å². The maximum atomic E-state index is 13.6. The van der Waals surface area contributed by atoms with E-state index in [1.165, 1.54) is 5.56 Å². The molecule has 3 aromatic carbocycles. The SMILES string of the molecule is CC[C@H]1C[C@@H](N(C)C(=O)C#Cc2cccc(C)c2)[C@H]2Oc3c(O)ccc4c3[C@@]23CCN(CCc2ccccc2)[C@H](C4)[C@]13O. The lowest BCUT2D eigenvalue weighted by Crippen LogP contribution is -2.81. The number of piperidine rings is 1. The Morgan fingerprint density at radius 2 is 1.95 bits per heavy atom. The van der Waals surface area contributed by atoms with Crippen molar-refractivity contribution in [3.05, 3.63) is 94.5 Å². The van der Waals surface area contributed by atoms with Crippen molar-refractivity contribution in [2.45, 2.75) is 75.2 Å². The molecule has 222 valence electrons. The van der Waals surface area contributed by atoms with Gasteiger partial charge in [0.1, 0.15) is 6.10 Å². The van der Waals surface area contributed by atoms with E-state index in [9.17, 15) is 15.0 Å². The summed E-state index contributed by atoms with van der Waals surface area (Å²) in [6, 6.07) is 21.8. The molecule has 43 heavy (non-hydrogen) atoms. The molecule has 3 aromatic rings. The van der Waals surface area contributed by atoms with E-state index < -0.39 is 17.1 Å². The van der Waals surface area contributed by atoms with Crippen molar-refractivity contribution in [2.75, 3.05) is 20.1 Å². The van der Waals surface area contributed by atoms with Gasteiger partial charge in [0, 0.05) is 36.7 Å². The number of carbonyl (C=O) groups is 1. The minimum Gasteiger partial charge on any atom is -0.504 e. The molecule has 1 saturated carbocycles. The number of phenols is 1. The highest BCUT2D eigenvalue weighted by molar-refractivity contribution is 5.94. The third-order valence-corrected chi connectivity index (χ3v) is 10.9. The van der Waals surface area contributed by atoms with Crippen LogP contribution in [0.2, 0.25) is 0 Å². The van der Waals surface area contributed by atoms with Gasteiger partial charge in [0.15, 0.2) is 11.5 Å². The van der Waals surface area contributed by atoms with Crippen LogP contribution in [0.5, 0.6) is 11.5 Å². The number of phenolic OH excluding ortho intramolecular Hbond substituents is 1. The molecule has 1 amide bonds. The van der Waals surface area contributed by atoms with E-state index in [0.29, 0.717) is 25.0 Å². The molecule has 2 heterocycles. The fourth-order valence-electron chi connectivity index (χ4n) is 8.95. The van der Waals surface area contributed by atoms with Crippen LogP contribution in [0.4, 0.5) is 0 Å². The van der Waals surface area contributed by atoms with E-state index >= 15 is 0 Å². The summed E-state index contributed by atoms with van der Waals surface area (Å²) < 4.78 is 6.72. The Balaban J connectivity index is 1.27. The number of hydrogen-bond acceptors (Lipinski definition) is 5. The summed E-state index contributed by atoms with van der Waals surface area (Å²) in [5.41, 5.74) is 3.53. The molecule has 0 unspecified atom stereocenters. The van der Waals surface area contributed by atoms with Crippen molar-refractivity contribution in [3.8, 4) is 23.3 Å². The normalized spacial score (nSPS) is 30.0. The number of aryl methyl sites for hydroxylation is 1. The van der Waals surface area contributed by atoms with E-state index in [1.54, 1.807) is 11.0 Å². The Labute approximate surface area is 254 Å². The number of aromatic hydroxyl groups is 1. The summed E-state index contributed by atoms with van der Waals surface area (Å²) in [7, 11) is 1.81. The summed E-state index contributed by atoms with van der Waals surface area (Å²) in [4.78, 5) is 17.8. The zero-order chi connectivity index (χ0) is 29.9. The number of ether oxygens (including phenoxy) is 1. The maximum Gasteiger partial charge on any atom is 0.298 e.